The van der Waals surface area contributed by atoms with Crippen LogP contribution in [0.15, 0.2) is 18.5 Å². The molecule has 0 aliphatic carbocycles. The Kier molecular flexibility index (Phi) is 2.76. The number of anilines is 1. The van der Waals surface area contributed by atoms with Crippen molar-refractivity contribution in [1.29, 1.82) is 0 Å². The molecule has 1 aromatic heterocycles. The third kappa shape index (κ3) is 2.93. The van der Waals surface area contributed by atoms with E-state index in [-0.39, 0.29) is 5.60 Å². The summed E-state index contributed by atoms with van der Waals surface area (Å²) in [5.41, 5.74) is 0.777. The first-order valence-electron chi connectivity index (χ1n) is 4.34. The Hall–Kier alpha value is -1.25. The maximum Gasteiger partial charge on any atom is 0.161 e. The predicted octanol–water partition coefficient (Wildman–Crippen LogP) is 2.30. The SMILES string of the molecule is CNc1ccncc1OC(C)(C)C. The van der Waals surface area contributed by atoms with Crippen LogP contribution < -0.4 is 10.1 Å². The van der Waals surface area contributed by atoms with Gasteiger partial charge in [-0.1, -0.05) is 0 Å². The Morgan fingerprint density at radius 3 is 2.62 bits per heavy atom. The highest BCUT2D eigenvalue weighted by atomic mass is 16.5. The number of rotatable bonds is 2. The summed E-state index contributed by atoms with van der Waals surface area (Å²) in [5.74, 6) is 0.789. The third-order valence-corrected chi connectivity index (χ3v) is 1.47. The first-order valence-corrected chi connectivity index (χ1v) is 4.34. The minimum absolute atomic E-state index is 0.186. The van der Waals surface area contributed by atoms with E-state index in [0.29, 0.717) is 0 Å². The second-order valence-corrected chi connectivity index (χ2v) is 3.84. The van der Waals surface area contributed by atoms with Gasteiger partial charge in [0.05, 0.1) is 11.9 Å². The number of nitrogens with zero attached hydrogens (tertiary/aromatic N) is 1. The molecule has 13 heavy (non-hydrogen) atoms. The molecular weight excluding hydrogens is 164 g/mol. The minimum atomic E-state index is -0.186. The van der Waals surface area contributed by atoms with Gasteiger partial charge in [-0.3, -0.25) is 4.98 Å². The number of hydrogen-bond donors (Lipinski definition) is 1. The van der Waals surface area contributed by atoms with Crippen LogP contribution in [-0.4, -0.2) is 17.6 Å². The first-order chi connectivity index (χ1) is 6.03. The zero-order valence-electron chi connectivity index (χ0n) is 8.59. The molecule has 0 saturated heterocycles. The van der Waals surface area contributed by atoms with Crippen molar-refractivity contribution in [2.75, 3.05) is 12.4 Å². The van der Waals surface area contributed by atoms with Crippen LogP contribution in [0.4, 0.5) is 5.69 Å². The second-order valence-electron chi connectivity index (χ2n) is 3.84. The van der Waals surface area contributed by atoms with Gasteiger partial charge in [0.15, 0.2) is 5.75 Å². The van der Waals surface area contributed by atoms with Crippen LogP contribution in [0.5, 0.6) is 5.75 Å². The van der Waals surface area contributed by atoms with Crippen LogP contribution in [0.3, 0.4) is 0 Å². The van der Waals surface area contributed by atoms with E-state index in [1.807, 2.05) is 33.9 Å². The second kappa shape index (κ2) is 3.64. The van der Waals surface area contributed by atoms with E-state index >= 15 is 0 Å². The molecule has 1 rings (SSSR count). The zero-order valence-corrected chi connectivity index (χ0v) is 8.59. The molecular formula is C10H16N2O. The topological polar surface area (TPSA) is 34.2 Å². The molecule has 3 heteroatoms. The number of aromatic nitrogens is 1. The van der Waals surface area contributed by atoms with Crippen molar-refractivity contribution in [2.24, 2.45) is 0 Å². The summed E-state index contributed by atoms with van der Waals surface area (Å²) in [6, 6.07) is 1.89. The lowest BCUT2D eigenvalue weighted by atomic mass is 10.2. The van der Waals surface area contributed by atoms with E-state index in [4.69, 9.17) is 4.74 Å². The Balaban J connectivity index is 2.87. The fourth-order valence-electron chi connectivity index (χ4n) is 0.998. The van der Waals surface area contributed by atoms with Gasteiger partial charge >= 0.3 is 0 Å². The summed E-state index contributed by atoms with van der Waals surface area (Å²) in [6.45, 7) is 6.04. The normalized spacial score (nSPS) is 11.1. The zero-order chi connectivity index (χ0) is 9.90. The van der Waals surface area contributed by atoms with Crippen LogP contribution in [0.1, 0.15) is 20.8 Å². The molecule has 1 aromatic rings. The summed E-state index contributed by atoms with van der Waals surface area (Å²) in [5, 5.41) is 3.05. The molecule has 0 amide bonds. The Bertz CT molecular complexity index is 278. The van der Waals surface area contributed by atoms with Crippen LogP contribution in [0, 0.1) is 0 Å². The molecule has 72 valence electrons. The fourth-order valence-corrected chi connectivity index (χ4v) is 0.998. The van der Waals surface area contributed by atoms with E-state index in [2.05, 4.69) is 10.3 Å². The molecule has 0 radical (unpaired) electrons. The molecule has 0 saturated carbocycles. The number of pyridine rings is 1. The van der Waals surface area contributed by atoms with Gasteiger partial charge in [-0.15, -0.1) is 0 Å². The lowest BCUT2D eigenvalue weighted by Gasteiger charge is -2.22. The van der Waals surface area contributed by atoms with Gasteiger partial charge in [-0.2, -0.15) is 0 Å². The predicted molar refractivity (Wildman–Crippen MR) is 54.2 cm³/mol. The Labute approximate surface area is 79.1 Å². The highest BCUT2D eigenvalue weighted by Crippen LogP contribution is 2.25. The van der Waals surface area contributed by atoms with Gasteiger partial charge in [-0.25, -0.2) is 0 Å². The summed E-state index contributed by atoms with van der Waals surface area (Å²) in [4.78, 5) is 4.01. The molecule has 3 nitrogen and oxygen atoms in total. The van der Waals surface area contributed by atoms with Crippen molar-refractivity contribution in [2.45, 2.75) is 26.4 Å². The van der Waals surface area contributed by atoms with E-state index in [1.54, 1.807) is 12.4 Å². The van der Waals surface area contributed by atoms with Crippen LogP contribution >= 0.6 is 0 Å². The lowest BCUT2D eigenvalue weighted by molar-refractivity contribution is 0.131. The molecule has 0 unspecified atom stereocenters. The summed E-state index contributed by atoms with van der Waals surface area (Å²) < 4.78 is 5.70. The third-order valence-electron chi connectivity index (χ3n) is 1.47. The highest BCUT2D eigenvalue weighted by molar-refractivity contribution is 5.54. The molecule has 1 N–H and O–H groups in total. The average Bonchev–Trinajstić information content (AvgIpc) is 2.02. The van der Waals surface area contributed by atoms with Gasteiger partial charge in [0.2, 0.25) is 0 Å². The van der Waals surface area contributed by atoms with Crippen molar-refractivity contribution in [3.8, 4) is 5.75 Å². The van der Waals surface area contributed by atoms with Crippen molar-refractivity contribution < 1.29 is 4.74 Å². The maximum atomic E-state index is 5.70. The van der Waals surface area contributed by atoms with Crippen LogP contribution in [-0.2, 0) is 0 Å². The molecule has 0 aliphatic heterocycles. The first kappa shape index (κ1) is 9.84. The fraction of sp³-hybridized carbons (Fsp3) is 0.500. The highest BCUT2D eigenvalue weighted by Gasteiger charge is 2.13. The number of hydrogen-bond acceptors (Lipinski definition) is 3. The molecule has 1 heterocycles. The monoisotopic (exact) mass is 180 g/mol. The lowest BCUT2D eigenvalue weighted by Crippen LogP contribution is -2.23. The number of nitrogens with one attached hydrogen (secondary N) is 1. The summed E-state index contributed by atoms with van der Waals surface area (Å²) >= 11 is 0. The smallest absolute Gasteiger partial charge is 0.161 e. The molecule has 0 spiro atoms. The number of ether oxygens (including phenoxy) is 1. The molecule has 0 bridgehead atoms. The quantitative estimate of drug-likeness (QED) is 0.758. The van der Waals surface area contributed by atoms with Gasteiger partial charge in [0, 0.05) is 13.2 Å². The maximum absolute atomic E-state index is 5.70. The van der Waals surface area contributed by atoms with E-state index < -0.39 is 0 Å². The van der Waals surface area contributed by atoms with Crippen molar-refractivity contribution in [3.05, 3.63) is 18.5 Å². The van der Waals surface area contributed by atoms with Crippen molar-refractivity contribution in [1.82, 2.24) is 4.98 Å². The van der Waals surface area contributed by atoms with E-state index in [0.717, 1.165) is 11.4 Å². The van der Waals surface area contributed by atoms with Gasteiger partial charge in [-0.05, 0) is 26.8 Å². The van der Waals surface area contributed by atoms with Gasteiger partial charge in [0.25, 0.3) is 0 Å². The van der Waals surface area contributed by atoms with E-state index in [1.165, 1.54) is 0 Å². The van der Waals surface area contributed by atoms with Crippen LogP contribution in [0.2, 0.25) is 0 Å². The summed E-state index contributed by atoms with van der Waals surface area (Å²) in [6.07, 6.45) is 3.46. The van der Waals surface area contributed by atoms with E-state index in [9.17, 15) is 0 Å². The molecule has 0 fully saturated rings. The minimum Gasteiger partial charge on any atom is -0.484 e. The van der Waals surface area contributed by atoms with Crippen molar-refractivity contribution in [3.63, 3.8) is 0 Å². The van der Waals surface area contributed by atoms with Crippen molar-refractivity contribution >= 4 is 5.69 Å². The Morgan fingerprint density at radius 1 is 1.38 bits per heavy atom. The molecule has 0 atom stereocenters. The summed E-state index contributed by atoms with van der Waals surface area (Å²) in [7, 11) is 1.87. The van der Waals surface area contributed by atoms with Crippen LogP contribution in [0.25, 0.3) is 0 Å². The largest absolute Gasteiger partial charge is 0.484 e. The van der Waals surface area contributed by atoms with Gasteiger partial charge in [0.1, 0.15) is 5.60 Å². The molecule has 0 aliphatic rings. The van der Waals surface area contributed by atoms with Gasteiger partial charge < -0.3 is 10.1 Å². The average molecular weight is 180 g/mol. The standard InChI is InChI=1S/C10H16N2O/c1-10(2,3)13-9-7-12-6-5-8(9)11-4/h5-7H,1-4H3,(H,11,12). The molecule has 0 aromatic carbocycles. The Morgan fingerprint density at radius 2 is 2.08 bits per heavy atom.